The molecule has 1 aromatic rings. The van der Waals surface area contributed by atoms with Gasteiger partial charge in [-0.25, -0.2) is 4.98 Å². The fraction of sp³-hybridized carbons (Fsp3) is 0.706. The van der Waals surface area contributed by atoms with E-state index in [1.54, 1.807) is 0 Å². The van der Waals surface area contributed by atoms with Gasteiger partial charge in [-0.15, -0.1) is 0 Å². The van der Waals surface area contributed by atoms with Gasteiger partial charge >= 0.3 is 0 Å². The highest BCUT2D eigenvalue weighted by atomic mass is 16.5. The summed E-state index contributed by atoms with van der Waals surface area (Å²) in [5.41, 5.74) is 2.33. The molecule has 1 N–H and O–H groups in total. The molecule has 1 aliphatic carbocycles. The normalized spacial score (nSPS) is 14.5. The smallest absolute Gasteiger partial charge is 0.213 e. The zero-order valence-electron chi connectivity index (χ0n) is 13.0. The van der Waals surface area contributed by atoms with E-state index in [1.165, 1.54) is 44.1 Å². The largest absolute Gasteiger partial charge is 0.478 e. The molecule has 1 heterocycles. The predicted octanol–water partition coefficient (Wildman–Crippen LogP) is 3.99. The molecule has 0 radical (unpaired) electrons. The van der Waals surface area contributed by atoms with Crippen LogP contribution in [0.2, 0.25) is 0 Å². The molecule has 2 rings (SSSR count). The maximum atomic E-state index is 5.79. The predicted molar refractivity (Wildman–Crippen MR) is 83.1 cm³/mol. The molecule has 20 heavy (non-hydrogen) atoms. The minimum Gasteiger partial charge on any atom is -0.478 e. The Morgan fingerprint density at radius 1 is 1.20 bits per heavy atom. The first-order chi connectivity index (χ1) is 9.78. The molecule has 0 saturated heterocycles. The van der Waals surface area contributed by atoms with Gasteiger partial charge in [0, 0.05) is 24.3 Å². The number of pyridine rings is 1. The zero-order chi connectivity index (χ0) is 14.2. The van der Waals surface area contributed by atoms with Gasteiger partial charge in [0.2, 0.25) is 5.88 Å². The summed E-state index contributed by atoms with van der Waals surface area (Å²) >= 11 is 0. The number of ether oxygens (including phenoxy) is 1. The molecule has 0 atom stereocenters. The van der Waals surface area contributed by atoms with Gasteiger partial charge in [0.25, 0.3) is 0 Å². The van der Waals surface area contributed by atoms with Crippen LogP contribution in [0.4, 0.5) is 0 Å². The van der Waals surface area contributed by atoms with Crippen molar-refractivity contribution in [2.24, 2.45) is 0 Å². The van der Waals surface area contributed by atoms with E-state index in [-0.39, 0.29) is 0 Å². The molecule has 112 valence electrons. The zero-order valence-corrected chi connectivity index (χ0v) is 13.0. The number of hydrogen-bond acceptors (Lipinski definition) is 3. The molecule has 0 aromatic carbocycles. The van der Waals surface area contributed by atoms with Crippen molar-refractivity contribution in [3.8, 4) is 5.88 Å². The lowest BCUT2D eigenvalue weighted by molar-refractivity contribution is 0.292. The minimum atomic E-state index is 0.742. The number of unbranched alkanes of at least 4 members (excludes halogenated alkanes) is 4. The summed E-state index contributed by atoms with van der Waals surface area (Å²) in [6.45, 7) is 6.00. The van der Waals surface area contributed by atoms with E-state index >= 15 is 0 Å². The Morgan fingerprint density at radius 2 is 2.00 bits per heavy atom. The highest BCUT2D eigenvalue weighted by Gasteiger charge is 2.20. The number of rotatable bonds is 10. The van der Waals surface area contributed by atoms with E-state index in [0.29, 0.717) is 0 Å². The first-order valence-corrected chi connectivity index (χ1v) is 8.11. The number of hydrogen-bond donors (Lipinski definition) is 1. The van der Waals surface area contributed by atoms with Gasteiger partial charge in [-0.05, 0) is 37.8 Å². The van der Waals surface area contributed by atoms with Crippen LogP contribution in [0.5, 0.6) is 5.88 Å². The minimum absolute atomic E-state index is 0.742. The van der Waals surface area contributed by atoms with Gasteiger partial charge in [0.05, 0.1) is 6.61 Å². The third-order valence-corrected chi connectivity index (χ3v) is 3.66. The number of nitrogens with one attached hydrogen (secondary N) is 1. The van der Waals surface area contributed by atoms with Gasteiger partial charge in [-0.1, -0.05) is 32.6 Å². The third-order valence-electron chi connectivity index (χ3n) is 3.66. The van der Waals surface area contributed by atoms with Crippen molar-refractivity contribution in [3.63, 3.8) is 0 Å². The summed E-state index contributed by atoms with van der Waals surface area (Å²) in [6.07, 6.45) is 8.98. The maximum absolute atomic E-state index is 5.79. The van der Waals surface area contributed by atoms with Crippen LogP contribution >= 0.6 is 0 Å². The van der Waals surface area contributed by atoms with Crippen molar-refractivity contribution in [1.82, 2.24) is 10.3 Å². The van der Waals surface area contributed by atoms with Gasteiger partial charge in [0.15, 0.2) is 0 Å². The lowest BCUT2D eigenvalue weighted by Crippen LogP contribution is -2.15. The molecule has 1 aliphatic rings. The highest BCUT2D eigenvalue weighted by Crippen LogP contribution is 2.20. The summed E-state index contributed by atoms with van der Waals surface area (Å²) in [5, 5.41) is 3.53. The van der Waals surface area contributed by atoms with Gasteiger partial charge in [0.1, 0.15) is 0 Å². The standard InChI is InChI=1S/C17H28N2O/c1-3-4-5-6-7-10-20-17-12-15(11-14(2)19-17)13-18-16-8-9-16/h11-12,16,18H,3-10,13H2,1-2H3. The van der Waals surface area contributed by atoms with Crippen LogP contribution < -0.4 is 10.1 Å². The van der Waals surface area contributed by atoms with Crippen LogP contribution in [0.15, 0.2) is 12.1 Å². The van der Waals surface area contributed by atoms with Crippen molar-refractivity contribution in [1.29, 1.82) is 0 Å². The van der Waals surface area contributed by atoms with Gasteiger partial charge < -0.3 is 10.1 Å². The first kappa shape index (κ1) is 15.3. The van der Waals surface area contributed by atoms with E-state index in [1.807, 2.05) is 6.92 Å². The van der Waals surface area contributed by atoms with E-state index in [4.69, 9.17) is 4.74 Å². The molecule has 0 bridgehead atoms. The quantitative estimate of drug-likeness (QED) is 0.656. The highest BCUT2D eigenvalue weighted by molar-refractivity contribution is 5.24. The average Bonchev–Trinajstić information content (AvgIpc) is 3.24. The summed E-state index contributed by atoms with van der Waals surface area (Å²) in [6, 6.07) is 4.96. The van der Waals surface area contributed by atoms with E-state index in [2.05, 4.69) is 29.4 Å². The Hall–Kier alpha value is -1.09. The molecule has 0 aliphatic heterocycles. The number of aryl methyl sites for hydroxylation is 1. The second-order valence-electron chi connectivity index (χ2n) is 5.87. The molecule has 0 amide bonds. The van der Waals surface area contributed by atoms with Gasteiger partial charge in [-0.2, -0.15) is 0 Å². The maximum Gasteiger partial charge on any atom is 0.213 e. The summed E-state index contributed by atoms with van der Waals surface area (Å²) < 4.78 is 5.79. The van der Waals surface area contributed by atoms with Crippen LogP contribution in [0.3, 0.4) is 0 Å². The van der Waals surface area contributed by atoms with Gasteiger partial charge in [-0.3, -0.25) is 0 Å². The van der Waals surface area contributed by atoms with Crippen molar-refractivity contribution in [2.45, 2.75) is 71.4 Å². The SMILES string of the molecule is CCCCCCCOc1cc(CNC2CC2)cc(C)n1. The third kappa shape index (κ3) is 5.91. The Labute approximate surface area is 123 Å². The van der Waals surface area contributed by atoms with Crippen molar-refractivity contribution in [3.05, 3.63) is 23.4 Å². The van der Waals surface area contributed by atoms with Crippen LogP contribution in [0.25, 0.3) is 0 Å². The fourth-order valence-electron chi connectivity index (χ4n) is 2.31. The van der Waals surface area contributed by atoms with E-state index in [0.717, 1.165) is 37.2 Å². The molecule has 1 fully saturated rings. The van der Waals surface area contributed by atoms with Crippen molar-refractivity contribution >= 4 is 0 Å². The van der Waals surface area contributed by atoms with Crippen molar-refractivity contribution in [2.75, 3.05) is 6.61 Å². The Kier molecular flexibility index (Phi) is 6.31. The summed E-state index contributed by atoms with van der Waals surface area (Å²) in [4.78, 5) is 4.46. The topological polar surface area (TPSA) is 34.1 Å². The summed E-state index contributed by atoms with van der Waals surface area (Å²) in [5.74, 6) is 0.785. The first-order valence-electron chi connectivity index (χ1n) is 8.11. The second-order valence-corrected chi connectivity index (χ2v) is 5.87. The number of nitrogens with zero attached hydrogens (tertiary/aromatic N) is 1. The molecule has 0 unspecified atom stereocenters. The van der Waals surface area contributed by atoms with E-state index in [9.17, 15) is 0 Å². The molecule has 1 aromatic heterocycles. The van der Waals surface area contributed by atoms with Crippen LogP contribution in [-0.4, -0.2) is 17.6 Å². The Morgan fingerprint density at radius 3 is 2.75 bits per heavy atom. The second kappa shape index (κ2) is 8.25. The molecule has 0 spiro atoms. The Balaban J connectivity index is 1.72. The molecular weight excluding hydrogens is 248 g/mol. The Bertz CT molecular complexity index is 402. The number of aromatic nitrogens is 1. The molecular formula is C17H28N2O. The fourth-order valence-corrected chi connectivity index (χ4v) is 2.31. The molecule has 1 saturated carbocycles. The summed E-state index contributed by atoms with van der Waals surface area (Å²) in [7, 11) is 0. The molecule has 3 heteroatoms. The van der Waals surface area contributed by atoms with Crippen LogP contribution in [0.1, 0.15) is 63.1 Å². The average molecular weight is 276 g/mol. The lowest BCUT2D eigenvalue weighted by atomic mass is 10.2. The molecule has 3 nitrogen and oxygen atoms in total. The van der Waals surface area contributed by atoms with Crippen molar-refractivity contribution < 1.29 is 4.74 Å². The lowest BCUT2D eigenvalue weighted by Gasteiger charge is -2.09. The van der Waals surface area contributed by atoms with Crippen LogP contribution in [0, 0.1) is 6.92 Å². The monoisotopic (exact) mass is 276 g/mol. The van der Waals surface area contributed by atoms with E-state index < -0.39 is 0 Å². The van der Waals surface area contributed by atoms with Crippen LogP contribution in [-0.2, 0) is 6.54 Å².